The van der Waals surface area contributed by atoms with Gasteiger partial charge in [0, 0.05) is 10.9 Å². The summed E-state index contributed by atoms with van der Waals surface area (Å²) in [6, 6.07) is 10.7. The number of aromatic nitrogens is 1. The van der Waals surface area contributed by atoms with E-state index in [1.165, 1.54) is 37.7 Å². The van der Waals surface area contributed by atoms with Crippen LogP contribution in [-0.4, -0.2) is 31.0 Å². The van der Waals surface area contributed by atoms with Crippen LogP contribution in [0, 0.1) is 5.82 Å². The highest BCUT2D eigenvalue weighted by atomic mass is 32.1. The number of ether oxygens (including phenoxy) is 2. The number of halogens is 1. The Morgan fingerprint density at radius 1 is 1.07 bits per heavy atom. The second kappa shape index (κ2) is 9.16. The number of amides is 2. The lowest BCUT2D eigenvalue weighted by atomic mass is 10.2. The molecule has 2 amide bonds. The smallest absolute Gasteiger partial charge is 0.257 e. The highest BCUT2D eigenvalue weighted by Gasteiger charge is 2.14. The average molecular weight is 415 g/mol. The third-order valence-corrected chi connectivity index (χ3v) is 4.71. The minimum absolute atomic E-state index is 0.0446. The molecule has 0 aliphatic heterocycles. The minimum atomic E-state index is -0.512. The average Bonchev–Trinajstić information content (AvgIpc) is 3.15. The fraction of sp³-hybridized carbons (Fsp3) is 0.150. The van der Waals surface area contributed by atoms with E-state index >= 15 is 0 Å². The Labute approximate surface area is 170 Å². The molecule has 150 valence electrons. The van der Waals surface area contributed by atoms with Gasteiger partial charge in [-0.25, -0.2) is 9.37 Å². The summed E-state index contributed by atoms with van der Waals surface area (Å²) in [4.78, 5) is 28.8. The van der Waals surface area contributed by atoms with Crippen molar-refractivity contribution in [1.82, 2.24) is 4.98 Å². The zero-order chi connectivity index (χ0) is 20.8. The van der Waals surface area contributed by atoms with Crippen LogP contribution in [0.3, 0.4) is 0 Å². The molecule has 0 saturated heterocycles. The van der Waals surface area contributed by atoms with Gasteiger partial charge >= 0.3 is 0 Å². The van der Waals surface area contributed by atoms with Crippen molar-refractivity contribution in [3.63, 3.8) is 0 Å². The zero-order valence-electron chi connectivity index (χ0n) is 15.7. The van der Waals surface area contributed by atoms with E-state index in [0.29, 0.717) is 27.9 Å². The fourth-order valence-corrected chi connectivity index (χ4v) is 3.22. The number of carbonyl (C=O) groups excluding carboxylic acids is 2. The van der Waals surface area contributed by atoms with Gasteiger partial charge in [-0.05, 0) is 30.3 Å². The highest BCUT2D eigenvalue weighted by Crippen LogP contribution is 2.28. The van der Waals surface area contributed by atoms with E-state index in [0.717, 1.165) is 0 Å². The molecule has 2 N–H and O–H groups in total. The van der Waals surface area contributed by atoms with Gasteiger partial charge in [-0.3, -0.25) is 14.9 Å². The molecule has 0 aliphatic carbocycles. The molecular weight excluding hydrogens is 397 g/mol. The molecule has 0 bridgehead atoms. The molecule has 1 heterocycles. The predicted molar refractivity (Wildman–Crippen MR) is 108 cm³/mol. The van der Waals surface area contributed by atoms with Gasteiger partial charge in [0.2, 0.25) is 5.91 Å². The molecule has 7 nitrogen and oxygen atoms in total. The Kier molecular flexibility index (Phi) is 6.40. The van der Waals surface area contributed by atoms with E-state index in [1.54, 1.807) is 35.7 Å². The molecule has 0 radical (unpaired) electrons. The second-order valence-corrected chi connectivity index (χ2v) is 6.73. The van der Waals surface area contributed by atoms with Crippen molar-refractivity contribution in [3.05, 3.63) is 64.9 Å². The van der Waals surface area contributed by atoms with Gasteiger partial charge in [0.1, 0.15) is 5.82 Å². The summed E-state index contributed by atoms with van der Waals surface area (Å²) in [6.45, 7) is 0. The first-order valence-corrected chi connectivity index (χ1v) is 9.40. The van der Waals surface area contributed by atoms with E-state index < -0.39 is 11.7 Å². The van der Waals surface area contributed by atoms with Crippen molar-refractivity contribution in [3.8, 4) is 11.5 Å². The topological polar surface area (TPSA) is 89.5 Å². The Balaban J connectivity index is 1.62. The third kappa shape index (κ3) is 5.08. The van der Waals surface area contributed by atoms with Crippen molar-refractivity contribution in [2.45, 2.75) is 6.42 Å². The van der Waals surface area contributed by atoms with Crippen LogP contribution in [-0.2, 0) is 11.2 Å². The van der Waals surface area contributed by atoms with Crippen LogP contribution in [0.5, 0.6) is 11.5 Å². The molecule has 1 aromatic heterocycles. The first kappa shape index (κ1) is 20.3. The van der Waals surface area contributed by atoms with Crippen LogP contribution >= 0.6 is 11.3 Å². The summed E-state index contributed by atoms with van der Waals surface area (Å²) >= 11 is 1.19. The van der Waals surface area contributed by atoms with Crippen molar-refractivity contribution >= 4 is 34.0 Å². The molecule has 3 aromatic rings. The van der Waals surface area contributed by atoms with Crippen molar-refractivity contribution in [2.75, 3.05) is 24.9 Å². The summed E-state index contributed by atoms with van der Waals surface area (Å²) in [7, 11) is 3.00. The maximum atomic E-state index is 13.6. The molecule has 0 saturated carbocycles. The van der Waals surface area contributed by atoms with Crippen LogP contribution in [0.4, 0.5) is 15.2 Å². The van der Waals surface area contributed by atoms with Gasteiger partial charge < -0.3 is 14.8 Å². The minimum Gasteiger partial charge on any atom is -0.493 e. The molecule has 0 atom stereocenters. The fourth-order valence-electron chi connectivity index (χ4n) is 2.51. The number of nitrogens with zero attached hydrogens (tertiary/aromatic N) is 1. The van der Waals surface area contributed by atoms with Crippen molar-refractivity contribution in [2.24, 2.45) is 0 Å². The summed E-state index contributed by atoms with van der Waals surface area (Å²) < 4.78 is 24.0. The zero-order valence-corrected chi connectivity index (χ0v) is 16.5. The quantitative estimate of drug-likeness (QED) is 0.614. The number of anilines is 2. The van der Waals surface area contributed by atoms with E-state index in [9.17, 15) is 14.0 Å². The Hall–Kier alpha value is -3.46. The maximum absolute atomic E-state index is 13.6. The Bertz CT molecular complexity index is 1040. The van der Waals surface area contributed by atoms with Crippen LogP contribution in [0.2, 0.25) is 0 Å². The predicted octanol–water partition coefficient (Wildman–Crippen LogP) is 3.73. The molecule has 0 fully saturated rings. The van der Waals surface area contributed by atoms with Crippen molar-refractivity contribution in [1.29, 1.82) is 0 Å². The molecule has 29 heavy (non-hydrogen) atoms. The molecule has 0 unspecified atom stereocenters. The lowest BCUT2D eigenvalue weighted by Gasteiger charge is -2.09. The number of carbonyl (C=O) groups is 2. The molecule has 2 aromatic carbocycles. The standard InChI is InChI=1S/C20H18FN3O4S/c1-27-16-8-7-12(9-17(16)28-2)19(26)24-20-22-13(11-29-20)10-18(25)23-15-6-4-3-5-14(15)21/h3-9,11H,10H2,1-2H3,(H,23,25)(H,22,24,26). The van der Waals surface area contributed by atoms with Crippen LogP contribution in [0.1, 0.15) is 16.1 Å². The SMILES string of the molecule is COc1ccc(C(=O)Nc2nc(CC(=O)Nc3ccccc3F)cs2)cc1OC. The first-order chi connectivity index (χ1) is 14.0. The van der Waals surface area contributed by atoms with Gasteiger partial charge in [0.05, 0.1) is 32.0 Å². The summed E-state index contributed by atoms with van der Waals surface area (Å²) in [6.07, 6.45) is -0.0446. The molecular formula is C20H18FN3O4S. The second-order valence-electron chi connectivity index (χ2n) is 5.87. The van der Waals surface area contributed by atoms with E-state index in [4.69, 9.17) is 9.47 Å². The van der Waals surface area contributed by atoms with Crippen LogP contribution < -0.4 is 20.1 Å². The van der Waals surface area contributed by atoms with E-state index in [-0.39, 0.29) is 18.0 Å². The Morgan fingerprint density at radius 2 is 1.83 bits per heavy atom. The van der Waals surface area contributed by atoms with E-state index in [1.807, 2.05) is 0 Å². The van der Waals surface area contributed by atoms with Gasteiger partial charge in [-0.15, -0.1) is 11.3 Å². The van der Waals surface area contributed by atoms with Gasteiger partial charge in [-0.1, -0.05) is 12.1 Å². The summed E-state index contributed by atoms with van der Waals surface area (Å²) in [5.41, 5.74) is 0.942. The maximum Gasteiger partial charge on any atom is 0.257 e. The number of rotatable bonds is 7. The largest absolute Gasteiger partial charge is 0.493 e. The molecule has 9 heteroatoms. The summed E-state index contributed by atoms with van der Waals surface area (Å²) in [5.74, 6) is -0.339. The van der Waals surface area contributed by atoms with Gasteiger partial charge in [0.15, 0.2) is 16.6 Å². The third-order valence-electron chi connectivity index (χ3n) is 3.91. The molecule has 0 aliphatic rings. The normalized spacial score (nSPS) is 10.3. The number of benzene rings is 2. The lowest BCUT2D eigenvalue weighted by molar-refractivity contribution is -0.115. The van der Waals surface area contributed by atoms with E-state index in [2.05, 4.69) is 15.6 Å². The number of nitrogens with one attached hydrogen (secondary N) is 2. The van der Waals surface area contributed by atoms with Gasteiger partial charge in [-0.2, -0.15) is 0 Å². The number of para-hydroxylation sites is 1. The highest BCUT2D eigenvalue weighted by molar-refractivity contribution is 7.14. The first-order valence-electron chi connectivity index (χ1n) is 8.52. The monoisotopic (exact) mass is 415 g/mol. The van der Waals surface area contributed by atoms with Crippen LogP contribution in [0.25, 0.3) is 0 Å². The molecule has 3 rings (SSSR count). The van der Waals surface area contributed by atoms with Crippen molar-refractivity contribution < 1.29 is 23.5 Å². The lowest BCUT2D eigenvalue weighted by Crippen LogP contribution is -2.16. The number of hydrogen-bond donors (Lipinski definition) is 2. The number of methoxy groups -OCH3 is 2. The Morgan fingerprint density at radius 3 is 2.55 bits per heavy atom. The number of thiazole rings is 1. The van der Waals surface area contributed by atoms with Gasteiger partial charge in [0.25, 0.3) is 5.91 Å². The van der Waals surface area contributed by atoms with Crippen LogP contribution in [0.15, 0.2) is 47.8 Å². The summed E-state index contributed by atoms with van der Waals surface area (Å²) in [5, 5.41) is 7.18. The molecule has 0 spiro atoms. The number of hydrogen-bond acceptors (Lipinski definition) is 6.